The Hall–Kier alpha value is -7.57. The summed E-state index contributed by atoms with van der Waals surface area (Å²) in [5, 5.41) is 24.7. The fourth-order valence-electron chi connectivity index (χ4n) is 10.9. The van der Waals surface area contributed by atoms with Gasteiger partial charge in [-0.2, -0.15) is 13.2 Å². The molecule has 3 aliphatic rings. The molecule has 18 nitrogen and oxygen atoms in total. The largest absolute Gasteiger partial charge is 0.417 e. The number of amides is 6. The zero-order valence-electron chi connectivity index (χ0n) is 49.3. The number of pyridine rings is 1. The van der Waals surface area contributed by atoms with Crippen LogP contribution in [0.15, 0.2) is 83.2 Å². The van der Waals surface area contributed by atoms with Gasteiger partial charge in [0.15, 0.2) is 5.67 Å². The molecular weight excluding hydrogens is 1140 g/mol. The van der Waals surface area contributed by atoms with Gasteiger partial charge in [-0.25, -0.2) is 13.8 Å². The molecule has 24 heteroatoms. The van der Waals surface area contributed by atoms with Crippen LogP contribution in [0.3, 0.4) is 0 Å². The lowest BCUT2D eigenvalue weighted by atomic mass is 9.85. The molecule has 8 rings (SSSR count). The number of anilines is 2. The summed E-state index contributed by atoms with van der Waals surface area (Å²) in [6, 6.07) is 13.2. The molecule has 4 heterocycles. The molecule has 6 amide bonds. The van der Waals surface area contributed by atoms with Crippen molar-refractivity contribution in [1.29, 1.82) is 0 Å². The van der Waals surface area contributed by atoms with E-state index in [9.17, 15) is 56.2 Å². The predicted octanol–water partition coefficient (Wildman–Crippen LogP) is 8.45. The predicted molar refractivity (Wildman–Crippen MR) is 318 cm³/mol. The molecule has 1 saturated carbocycles. The number of aliphatic hydroxyl groups excluding tert-OH is 1. The molecule has 2 aromatic heterocycles. The molecule has 3 aromatic carbocycles. The van der Waals surface area contributed by atoms with Gasteiger partial charge in [0.2, 0.25) is 23.3 Å². The quantitative estimate of drug-likeness (QED) is 0.0256. The van der Waals surface area contributed by atoms with Gasteiger partial charge in [0.1, 0.15) is 17.9 Å². The van der Waals surface area contributed by atoms with Crippen LogP contribution in [0.5, 0.6) is 0 Å². The van der Waals surface area contributed by atoms with Gasteiger partial charge < -0.3 is 46.5 Å². The van der Waals surface area contributed by atoms with Crippen LogP contribution in [-0.4, -0.2) is 136 Å². The highest BCUT2D eigenvalue weighted by molar-refractivity contribution is 7.13. The molecule has 0 bridgehead atoms. The second-order valence-corrected chi connectivity index (χ2v) is 24.8. The van der Waals surface area contributed by atoms with Gasteiger partial charge >= 0.3 is 6.18 Å². The van der Waals surface area contributed by atoms with Crippen molar-refractivity contribution in [1.82, 2.24) is 41.0 Å². The normalized spacial score (nSPS) is 19.3. The minimum Gasteiger partial charge on any atom is -0.391 e. The van der Waals surface area contributed by atoms with Gasteiger partial charge in [0.25, 0.3) is 17.7 Å². The van der Waals surface area contributed by atoms with Gasteiger partial charge in [-0.3, -0.25) is 38.5 Å². The van der Waals surface area contributed by atoms with Crippen LogP contribution >= 0.6 is 11.3 Å². The molecule has 0 spiro atoms. The molecule has 6 atom stereocenters. The summed E-state index contributed by atoms with van der Waals surface area (Å²) in [6.45, 7) is 12.6. The number of nitrogens with zero attached hydrogens (tertiary/aromatic N) is 4. The third-order valence-electron chi connectivity index (χ3n) is 16.3. The fourth-order valence-corrected chi connectivity index (χ4v) is 11.7. The Bertz CT molecular complexity index is 3350. The number of likely N-dealkylation sites (tertiary alicyclic amines) is 1. The first-order chi connectivity index (χ1) is 40.6. The van der Waals surface area contributed by atoms with Crippen molar-refractivity contribution in [3.63, 3.8) is 0 Å². The minimum atomic E-state index is -5.02. The van der Waals surface area contributed by atoms with Crippen LogP contribution in [-0.2, 0) is 25.4 Å². The number of H-pyrrole nitrogens is 1. The van der Waals surface area contributed by atoms with E-state index in [-0.39, 0.29) is 72.6 Å². The van der Waals surface area contributed by atoms with E-state index in [0.29, 0.717) is 62.5 Å². The second kappa shape index (κ2) is 27.0. The Labute approximate surface area is 500 Å². The van der Waals surface area contributed by atoms with Gasteiger partial charge in [-0.1, -0.05) is 70.4 Å². The summed E-state index contributed by atoms with van der Waals surface area (Å²) in [5.41, 5.74) is -1.09. The minimum absolute atomic E-state index is 0.00945. The molecule has 1 aliphatic carbocycles. The third kappa shape index (κ3) is 15.7. The zero-order chi connectivity index (χ0) is 62.4. The number of piperazine rings is 1. The monoisotopic (exact) mass is 1210 g/mol. The van der Waals surface area contributed by atoms with E-state index < -0.39 is 93.5 Å². The van der Waals surface area contributed by atoms with Crippen molar-refractivity contribution in [3.8, 4) is 21.6 Å². The van der Waals surface area contributed by atoms with Crippen molar-refractivity contribution in [3.05, 3.63) is 123 Å². The number of thiazole rings is 1. The van der Waals surface area contributed by atoms with Gasteiger partial charge in [-0.05, 0) is 106 Å². The van der Waals surface area contributed by atoms with Crippen LogP contribution in [0.25, 0.3) is 21.6 Å². The number of rotatable bonds is 22. The lowest BCUT2D eigenvalue weighted by Crippen LogP contribution is -2.59. The first-order valence-corrected chi connectivity index (χ1v) is 29.9. The highest BCUT2D eigenvalue weighted by atomic mass is 32.1. The zero-order valence-corrected chi connectivity index (χ0v) is 50.1. The molecular formula is C62H75F5N10O8S. The smallest absolute Gasteiger partial charge is 0.391 e. The van der Waals surface area contributed by atoms with E-state index in [0.717, 1.165) is 41.5 Å². The number of benzene rings is 3. The number of halogens is 5. The number of β-amino-alcohol motifs (C(OH)–C–C–N with tert-alkyl or cyclic N) is 1. The summed E-state index contributed by atoms with van der Waals surface area (Å²) in [7, 11) is 1.98. The number of unbranched alkanes of at least 4 members (excludes halogenated alkanes) is 4. The summed E-state index contributed by atoms with van der Waals surface area (Å²) in [5.74, 6) is -4.77. The highest BCUT2D eigenvalue weighted by Gasteiger charge is 2.53. The molecule has 0 unspecified atom stereocenters. The summed E-state index contributed by atoms with van der Waals surface area (Å²) >= 11 is 1.48. The van der Waals surface area contributed by atoms with Crippen molar-refractivity contribution in [2.24, 2.45) is 5.41 Å². The SMILES string of the molecule is Cc1ncsc1-c1ccc([C@H](CC(=O)NCCCCCCCNC(=O)c2ccc(F)c(-c3ccc(N4C[C@@H](C)N(C)[C@@H](C)C4)c(NC(=O)c4c[nH]c(=O)cc4C(F)(F)F)c3)c2)NC(=O)[C@@H]2C[C@@H](O)CN2C(=O)[C@@H](NC(=O)C2(F)CC2)C(C)(C)C)cc1. The Morgan fingerprint density at radius 1 is 0.837 bits per heavy atom. The van der Waals surface area contributed by atoms with E-state index in [4.69, 9.17) is 0 Å². The van der Waals surface area contributed by atoms with Crippen molar-refractivity contribution >= 4 is 58.2 Å². The standard InChI is InChI=1S/C62H75F5N10O8S/c1-35-31-76(32-36(2)75(35)7)49-20-18-40(26-48(49)73-56(82)44-30-70-51(79)28-45(44)62(65,66)67)43-25-41(17-19-46(43)63)55(81)69-24-12-10-8-9-11-23-68-52(80)29-47(38-13-15-39(16-14-38)53-37(3)71-34-86-53)72-57(83)50-27-42(78)33-77(50)58(84)54(60(4,5)6)74-59(85)61(64)21-22-61/h13-20,25-26,28,30,34-36,42,47,50,54,78H,8-12,21-24,27,29,31-33H2,1-7H3,(H,68,80)(H,69,81)(H,70,79)(H,72,83)(H,73,82)(H,74,85)/t35-,36+,42-,47+,50+,54-/m1/s1. The second-order valence-electron chi connectivity index (χ2n) is 23.9. The Morgan fingerprint density at radius 3 is 2.12 bits per heavy atom. The molecule has 2 saturated heterocycles. The highest BCUT2D eigenvalue weighted by Crippen LogP contribution is 2.41. The number of likely N-dealkylation sites (N-methyl/N-ethyl adjacent to an activating group) is 1. The van der Waals surface area contributed by atoms with Crippen LogP contribution in [0, 0.1) is 18.2 Å². The van der Waals surface area contributed by atoms with Crippen molar-refractivity contribution in [2.45, 2.75) is 147 Å². The average molecular weight is 1220 g/mol. The number of hydrogen-bond donors (Lipinski definition) is 7. The maximum atomic E-state index is 15.7. The molecule has 2 aliphatic heterocycles. The molecule has 462 valence electrons. The third-order valence-corrected chi connectivity index (χ3v) is 17.3. The van der Waals surface area contributed by atoms with E-state index in [1.54, 1.807) is 38.4 Å². The fraction of sp³-hybridized carbons (Fsp3) is 0.484. The molecule has 5 aromatic rings. The number of carbonyl (C=O) groups excluding carboxylic acids is 6. The summed E-state index contributed by atoms with van der Waals surface area (Å²) < 4.78 is 72.6. The maximum absolute atomic E-state index is 15.7. The van der Waals surface area contributed by atoms with Crippen molar-refractivity contribution < 1.29 is 55.8 Å². The molecule has 7 N–H and O–H groups in total. The lowest BCUT2D eigenvalue weighted by Gasteiger charge is -2.44. The van der Waals surface area contributed by atoms with Crippen LogP contribution in [0.4, 0.5) is 33.3 Å². The van der Waals surface area contributed by atoms with Gasteiger partial charge in [-0.15, -0.1) is 11.3 Å². The Balaban J connectivity index is 0.845. The van der Waals surface area contributed by atoms with Crippen LogP contribution in [0.2, 0.25) is 0 Å². The van der Waals surface area contributed by atoms with E-state index in [1.165, 1.54) is 34.4 Å². The van der Waals surface area contributed by atoms with Crippen molar-refractivity contribution in [2.75, 3.05) is 50.0 Å². The number of aromatic nitrogens is 2. The molecule has 86 heavy (non-hydrogen) atoms. The van der Waals surface area contributed by atoms with Gasteiger partial charge in [0, 0.05) is 74.6 Å². The van der Waals surface area contributed by atoms with Crippen LogP contribution < -0.4 is 37.0 Å². The molecule has 3 fully saturated rings. The number of aryl methyl sites for hydroxylation is 1. The van der Waals surface area contributed by atoms with E-state index >= 15 is 4.39 Å². The first kappa shape index (κ1) is 64.4. The van der Waals surface area contributed by atoms with E-state index in [2.05, 4.69) is 41.5 Å². The summed E-state index contributed by atoms with van der Waals surface area (Å²) in [6.07, 6.45) is -2.02. The summed E-state index contributed by atoms with van der Waals surface area (Å²) in [4.78, 5) is 107. The number of aromatic amines is 1. The first-order valence-electron chi connectivity index (χ1n) is 29.0. The number of hydrogen-bond acceptors (Lipinski definition) is 12. The van der Waals surface area contributed by atoms with Crippen LogP contribution in [0.1, 0.15) is 136 Å². The van der Waals surface area contributed by atoms with E-state index in [1.807, 2.05) is 57.0 Å². The maximum Gasteiger partial charge on any atom is 0.417 e. The average Bonchev–Trinajstić information content (AvgIpc) is 3.19. The number of carbonyl (C=O) groups is 6. The topological polar surface area (TPSA) is 238 Å². The Morgan fingerprint density at radius 2 is 1.49 bits per heavy atom. The number of aliphatic hydroxyl groups is 1. The number of alkyl halides is 4. The van der Waals surface area contributed by atoms with Gasteiger partial charge in [0.05, 0.1) is 57.1 Å². The molecule has 0 radical (unpaired) electrons. The number of nitrogens with one attached hydrogen (secondary N) is 6. The Kier molecular flexibility index (Phi) is 20.2. The lowest BCUT2D eigenvalue weighted by molar-refractivity contribution is -0.145.